The Morgan fingerprint density at radius 3 is 2.89 bits per heavy atom. The molecule has 0 bridgehead atoms. The van der Waals surface area contributed by atoms with Gasteiger partial charge in [0.1, 0.15) is 0 Å². The van der Waals surface area contributed by atoms with Gasteiger partial charge in [0.2, 0.25) is 0 Å². The van der Waals surface area contributed by atoms with Gasteiger partial charge in [0.25, 0.3) is 5.91 Å². The molecule has 28 heavy (non-hydrogen) atoms. The lowest BCUT2D eigenvalue weighted by Gasteiger charge is -2.37. The van der Waals surface area contributed by atoms with E-state index < -0.39 is 11.9 Å². The molecule has 4 rings (SSSR count). The maximum absolute atomic E-state index is 13.0. The second-order valence-corrected chi connectivity index (χ2v) is 7.56. The van der Waals surface area contributed by atoms with Crippen LogP contribution in [0.5, 0.6) is 0 Å². The number of aryl methyl sites for hydroxylation is 2. The normalized spacial score (nSPS) is 22.2. The monoisotopic (exact) mass is 380 g/mol. The topological polar surface area (TPSA) is 101 Å². The van der Waals surface area contributed by atoms with Gasteiger partial charge in [-0.3, -0.25) is 4.79 Å². The summed E-state index contributed by atoms with van der Waals surface area (Å²) >= 11 is 0. The summed E-state index contributed by atoms with van der Waals surface area (Å²) < 4.78 is 0. The van der Waals surface area contributed by atoms with Crippen LogP contribution in [0.3, 0.4) is 0 Å². The lowest BCUT2D eigenvalue weighted by molar-refractivity contribution is -0.150. The van der Waals surface area contributed by atoms with Crippen molar-refractivity contribution in [2.75, 3.05) is 6.54 Å². The number of amidine groups is 1. The highest BCUT2D eigenvalue weighted by atomic mass is 16.7. The Labute approximate surface area is 163 Å². The third kappa shape index (κ3) is 3.52. The molecule has 2 aliphatic heterocycles. The van der Waals surface area contributed by atoms with Gasteiger partial charge in [0, 0.05) is 24.3 Å². The maximum atomic E-state index is 13.0. The molecule has 1 amide bonds. The lowest BCUT2D eigenvalue weighted by atomic mass is 9.91. The summed E-state index contributed by atoms with van der Waals surface area (Å²) in [6.07, 6.45) is 5.06. The number of nitrogens with zero attached hydrogens (tertiary/aromatic N) is 2. The summed E-state index contributed by atoms with van der Waals surface area (Å²) in [4.78, 5) is 35.4. The Bertz CT molecular complexity index is 933. The SMILES string of the molecule is Cc1c[nH]c(/C(N)=N/OC(=O)[C@H]2CC[C@H]3CCc4ccccc4C(=O)N3C2)c1. The summed E-state index contributed by atoms with van der Waals surface area (Å²) in [5.74, 6) is -0.724. The quantitative estimate of drug-likeness (QED) is 0.369. The molecular weight excluding hydrogens is 356 g/mol. The van der Waals surface area contributed by atoms with Crippen molar-refractivity contribution in [3.05, 3.63) is 58.9 Å². The highest BCUT2D eigenvalue weighted by Crippen LogP contribution is 2.31. The van der Waals surface area contributed by atoms with E-state index in [0.717, 1.165) is 36.0 Å². The molecule has 2 aliphatic rings. The van der Waals surface area contributed by atoms with Gasteiger partial charge in [0.05, 0.1) is 11.6 Å². The molecule has 7 nitrogen and oxygen atoms in total. The summed E-state index contributed by atoms with van der Waals surface area (Å²) in [6.45, 7) is 2.28. The van der Waals surface area contributed by atoms with E-state index in [1.807, 2.05) is 42.2 Å². The van der Waals surface area contributed by atoms with Crippen LogP contribution >= 0.6 is 0 Å². The van der Waals surface area contributed by atoms with E-state index in [-0.39, 0.29) is 17.8 Å². The van der Waals surface area contributed by atoms with E-state index in [2.05, 4.69) is 10.1 Å². The number of piperidine rings is 1. The number of carbonyl (C=O) groups is 2. The molecular formula is C21H24N4O3. The summed E-state index contributed by atoms with van der Waals surface area (Å²) in [5, 5.41) is 3.77. The summed E-state index contributed by atoms with van der Waals surface area (Å²) in [5.41, 5.74) is 9.30. The maximum Gasteiger partial charge on any atom is 0.339 e. The summed E-state index contributed by atoms with van der Waals surface area (Å²) in [7, 11) is 0. The van der Waals surface area contributed by atoms with Crippen LogP contribution in [-0.2, 0) is 16.1 Å². The Morgan fingerprint density at radius 1 is 1.29 bits per heavy atom. The Kier molecular flexibility index (Phi) is 4.90. The first-order valence-electron chi connectivity index (χ1n) is 9.61. The van der Waals surface area contributed by atoms with Crippen LogP contribution < -0.4 is 5.73 Å². The number of carbonyl (C=O) groups excluding carboxylic acids is 2. The van der Waals surface area contributed by atoms with Crippen molar-refractivity contribution in [3.8, 4) is 0 Å². The third-order valence-electron chi connectivity index (χ3n) is 5.63. The van der Waals surface area contributed by atoms with Crippen LogP contribution in [0.4, 0.5) is 0 Å². The Morgan fingerprint density at radius 2 is 2.11 bits per heavy atom. The van der Waals surface area contributed by atoms with Gasteiger partial charge in [-0.25, -0.2) is 4.79 Å². The number of nitrogens with two attached hydrogens (primary N) is 1. The van der Waals surface area contributed by atoms with Crippen LogP contribution in [0, 0.1) is 12.8 Å². The molecule has 1 fully saturated rings. The number of aromatic amines is 1. The molecule has 146 valence electrons. The van der Waals surface area contributed by atoms with Gasteiger partial charge in [-0.05, 0) is 55.9 Å². The van der Waals surface area contributed by atoms with E-state index in [1.54, 1.807) is 6.20 Å². The fraction of sp³-hybridized carbons (Fsp3) is 0.381. The van der Waals surface area contributed by atoms with E-state index in [9.17, 15) is 9.59 Å². The lowest BCUT2D eigenvalue weighted by Crippen LogP contribution is -2.48. The molecule has 0 saturated carbocycles. The number of nitrogens with one attached hydrogen (secondary N) is 1. The number of amides is 1. The number of hydrogen-bond acceptors (Lipinski definition) is 4. The smallest absolute Gasteiger partial charge is 0.339 e. The molecule has 1 saturated heterocycles. The Balaban J connectivity index is 1.45. The zero-order chi connectivity index (χ0) is 19.7. The molecule has 0 unspecified atom stereocenters. The number of H-pyrrole nitrogens is 1. The second kappa shape index (κ2) is 7.50. The van der Waals surface area contributed by atoms with E-state index in [1.165, 1.54) is 0 Å². The van der Waals surface area contributed by atoms with Crippen molar-refractivity contribution in [2.24, 2.45) is 16.8 Å². The van der Waals surface area contributed by atoms with Gasteiger partial charge in [0.15, 0.2) is 5.84 Å². The van der Waals surface area contributed by atoms with E-state index in [4.69, 9.17) is 10.6 Å². The number of oxime groups is 1. The van der Waals surface area contributed by atoms with Gasteiger partial charge in [-0.1, -0.05) is 23.4 Å². The number of aromatic nitrogens is 1. The van der Waals surface area contributed by atoms with Crippen LogP contribution in [0.25, 0.3) is 0 Å². The highest BCUT2D eigenvalue weighted by Gasteiger charge is 2.38. The number of rotatable bonds is 3. The van der Waals surface area contributed by atoms with Crippen molar-refractivity contribution in [1.82, 2.24) is 9.88 Å². The first-order valence-corrected chi connectivity index (χ1v) is 9.61. The van der Waals surface area contributed by atoms with E-state index >= 15 is 0 Å². The van der Waals surface area contributed by atoms with Gasteiger partial charge in [-0.2, -0.15) is 0 Å². The van der Waals surface area contributed by atoms with Crippen molar-refractivity contribution in [1.29, 1.82) is 0 Å². The molecule has 1 aromatic carbocycles. The first-order chi connectivity index (χ1) is 13.5. The van der Waals surface area contributed by atoms with Crippen molar-refractivity contribution in [3.63, 3.8) is 0 Å². The van der Waals surface area contributed by atoms with Crippen molar-refractivity contribution in [2.45, 2.75) is 38.6 Å². The highest BCUT2D eigenvalue weighted by molar-refractivity contribution is 5.97. The molecule has 1 aromatic heterocycles. The minimum Gasteiger partial charge on any atom is -0.379 e. The molecule has 0 spiro atoms. The van der Waals surface area contributed by atoms with Gasteiger partial charge >= 0.3 is 5.97 Å². The standard InChI is InChI=1S/C21H24N4O3/c1-13-10-18(23-11-13)19(22)24-28-21(27)15-7-9-16-8-6-14-4-2-3-5-17(14)20(26)25(16)12-15/h2-5,10-11,15-16,23H,6-9,12H2,1H3,(H2,22,24)/t15-,16+/m0/s1. The molecule has 3 heterocycles. The Hall–Kier alpha value is -3.09. The molecule has 2 atom stereocenters. The van der Waals surface area contributed by atoms with Crippen molar-refractivity contribution >= 4 is 17.7 Å². The largest absolute Gasteiger partial charge is 0.379 e. The third-order valence-corrected chi connectivity index (χ3v) is 5.63. The second-order valence-electron chi connectivity index (χ2n) is 7.56. The van der Waals surface area contributed by atoms with Crippen LogP contribution in [0.1, 0.15) is 46.4 Å². The number of fused-ring (bicyclic) bond motifs is 2. The summed E-state index contributed by atoms with van der Waals surface area (Å²) in [6, 6.07) is 9.71. The fourth-order valence-corrected chi connectivity index (χ4v) is 4.06. The zero-order valence-corrected chi connectivity index (χ0v) is 15.9. The molecule has 7 heteroatoms. The number of benzene rings is 1. The molecule has 0 radical (unpaired) electrons. The minimum absolute atomic E-state index is 0.000441. The fourth-order valence-electron chi connectivity index (χ4n) is 4.06. The van der Waals surface area contributed by atoms with Crippen LogP contribution in [0.2, 0.25) is 0 Å². The van der Waals surface area contributed by atoms with Crippen LogP contribution in [-0.4, -0.2) is 40.2 Å². The van der Waals surface area contributed by atoms with Crippen molar-refractivity contribution < 1.29 is 14.4 Å². The average molecular weight is 380 g/mol. The molecule has 3 N–H and O–H groups in total. The molecule has 2 aromatic rings. The minimum atomic E-state index is -0.449. The zero-order valence-electron chi connectivity index (χ0n) is 15.9. The predicted molar refractivity (Wildman–Crippen MR) is 105 cm³/mol. The van der Waals surface area contributed by atoms with Gasteiger partial charge < -0.3 is 20.5 Å². The number of hydrogen-bond donors (Lipinski definition) is 2. The predicted octanol–water partition coefficient (Wildman–Crippen LogP) is 2.35. The first kappa shape index (κ1) is 18.3. The molecule has 0 aliphatic carbocycles. The van der Waals surface area contributed by atoms with E-state index in [0.29, 0.717) is 18.7 Å². The average Bonchev–Trinajstić information content (AvgIpc) is 3.10. The van der Waals surface area contributed by atoms with Crippen LogP contribution in [0.15, 0.2) is 41.7 Å². The van der Waals surface area contributed by atoms with Gasteiger partial charge in [-0.15, -0.1) is 0 Å².